The third-order valence-electron chi connectivity index (χ3n) is 5.57. The second-order valence-corrected chi connectivity index (χ2v) is 10.2. The van der Waals surface area contributed by atoms with Crippen molar-refractivity contribution in [1.29, 1.82) is 0 Å². The monoisotopic (exact) mass is 584 g/mol. The Bertz CT molecular complexity index is 1390. The Kier molecular flexibility index (Phi) is 7.81. The van der Waals surface area contributed by atoms with E-state index < -0.39 is 42.0 Å². The molecule has 0 unspecified atom stereocenters. The Hall–Kier alpha value is -3.42. The zero-order chi connectivity index (χ0) is 27.8. The van der Waals surface area contributed by atoms with Gasteiger partial charge in [0.2, 0.25) is 0 Å². The number of carbonyl (C=O) groups excluding carboxylic acids is 3. The summed E-state index contributed by atoms with van der Waals surface area (Å²) in [6.45, 7) is -1.04. The topological polar surface area (TPSA) is 104 Å². The van der Waals surface area contributed by atoms with E-state index in [2.05, 4.69) is 0 Å². The van der Waals surface area contributed by atoms with Crippen LogP contribution in [0.25, 0.3) is 5.57 Å². The summed E-state index contributed by atoms with van der Waals surface area (Å²) in [6.07, 6.45) is -4.84. The molecule has 2 aliphatic rings. The van der Waals surface area contributed by atoms with Gasteiger partial charge in [-0.2, -0.15) is 13.2 Å². The third kappa shape index (κ3) is 5.69. The Morgan fingerprint density at radius 2 is 1.74 bits per heavy atom. The number of benzene rings is 2. The first kappa shape index (κ1) is 27.6. The second-order valence-electron chi connectivity index (χ2n) is 8.08. The molecule has 2 aromatic carbocycles. The number of thioether (sulfide) groups is 1. The molecule has 2 aromatic rings. The fourth-order valence-corrected chi connectivity index (χ4v) is 5.31. The van der Waals surface area contributed by atoms with Gasteiger partial charge in [0.05, 0.1) is 28.1 Å². The molecule has 1 saturated heterocycles. The minimum atomic E-state index is -4.50. The summed E-state index contributed by atoms with van der Waals surface area (Å²) in [5, 5.41) is 9.21. The lowest BCUT2D eigenvalue weighted by molar-refractivity contribution is -0.144. The predicted octanol–water partition coefficient (Wildman–Crippen LogP) is 4.49. The number of carbonyl (C=O) groups is 4. The highest BCUT2D eigenvalue weighted by Crippen LogP contribution is 2.45. The summed E-state index contributed by atoms with van der Waals surface area (Å²) in [5.74, 6) is -3.29. The number of nitrogens with zero attached hydrogens (tertiary/aromatic N) is 2. The van der Waals surface area contributed by atoms with E-state index in [1.807, 2.05) is 0 Å². The molecular weight excluding hydrogens is 569 g/mol. The normalized spacial score (nSPS) is 17.3. The van der Waals surface area contributed by atoms with Crippen LogP contribution in [0.2, 0.25) is 5.02 Å². The van der Waals surface area contributed by atoms with Crippen molar-refractivity contribution >= 4 is 74.9 Å². The molecule has 2 heterocycles. The molecule has 8 nitrogen and oxygen atoms in total. The van der Waals surface area contributed by atoms with Gasteiger partial charge in [0, 0.05) is 17.1 Å². The van der Waals surface area contributed by atoms with Crippen LogP contribution >= 0.6 is 35.6 Å². The van der Waals surface area contributed by atoms with Crippen LogP contribution in [0.3, 0.4) is 0 Å². The van der Waals surface area contributed by atoms with Crippen molar-refractivity contribution in [3.63, 3.8) is 0 Å². The molecule has 14 heteroatoms. The molecule has 198 valence electrons. The fourth-order valence-electron chi connectivity index (χ4n) is 3.76. The highest BCUT2D eigenvalue weighted by Gasteiger charge is 2.42. The van der Waals surface area contributed by atoms with Gasteiger partial charge >= 0.3 is 18.1 Å². The highest BCUT2D eigenvalue weighted by molar-refractivity contribution is 8.26. The van der Waals surface area contributed by atoms with Gasteiger partial charge < -0.3 is 9.84 Å². The molecule has 0 radical (unpaired) electrons. The maximum atomic E-state index is 13.4. The Balaban J connectivity index is 1.54. The van der Waals surface area contributed by atoms with Crippen LogP contribution in [-0.4, -0.2) is 51.2 Å². The molecular formula is C24H16ClF3N2O6S2. The number of halogens is 4. The summed E-state index contributed by atoms with van der Waals surface area (Å²) in [7, 11) is 0. The molecule has 0 saturated carbocycles. The zero-order valence-corrected chi connectivity index (χ0v) is 21.5. The first-order chi connectivity index (χ1) is 17.9. The van der Waals surface area contributed by atoms with E-state index in [0.717, 1.165) is 33.7 Å². The van der Waals surface area contributed by atoms with Crippen LogP contribution in [0.4, 0.5) is 18.9 Å². The largest absolute Gasteiger partial charge is 0.481 e. The average Bonchev–Trinajstić information content (AvgIpc) is 3.27. The fraction of sp³-hybridized carbons (Fsp3) is 0.208. The van der Waals surface area contributed by atoms with Crippen LogP contribution in [0.1, 0.15) is 23.1 Å². The van der Waals surface area contributed by atoms with Crippen molar-refractivity contribution in [2.24, 2.45) is 0 Å². The number of alkyl halides is 3. The van der Waals surface area contributed by atoms with E-state index in [9.17, 15) is 32.3 Å². The quantitative estimate of drug-likeness (QED) is 0.288. The molecule has 0 spiro atoms. The van der Waals surface area contributed by atoms with E-state index in [0.29, 0.717) is 5.56 Å². The number of carboxylic acid groups (broad SMARTS) is 1. The molecule has 0 aromatic heterocycles. The number of ether oxygens (including phenoxy) is 1. The minimum Gasteiger partial charge on any atom is -0.481 e. The number of rotatable bonds is 7. The number of esters is 1. The molecule has 4 rings (SSSR count). The first-order valence-corrected chi connectivity index (χ1v) is 12.4. The van der Waals surface area contributed by atoms with Crippen LogP contribution in [0.15, 0.2) is 47.4 Å². The summed E-state index contributed by atoms with van der Waals surface area (Å²) >= 11 is 12.2. The molecule has 2 aliphatic heterocycles. The second kappa shape index (κ2) is 10.8. The van der Waals surface area contributed by atoms with E-state index in [-0.39, 0.29) is 50.6 Å². The molecule has 0 aliphatic carbocycles. The molecule has 1 N–H and O–H groups in total. The zero-order valence-electron chi connectivity index (χ0n) is 19.1. The number of anilines is 1. The van der Waals surface area contributed by atoms with E-state index in [1.54, 1.807) is 0 Å². The van der Waals surface area contributed by atoms with Crippen LogP contribution < -0.4 is 4.90 Å². The maximum Gasteiger partial charge on any atom is 0.416 e. The number of hydrogen-bond donors (Lipinski definition) is 1. The summed E-state index contributed by atoms with van der Waals surface area (Å²) in [5.41, 5.74) is 0.0186. The number of aliphatic carboxylic acids is 1. The number of hydrogen-bond acceptors (Lipinski definition) is 7. The van der Waals surface area contributed by atoms with Gasteiger partial charge in [-0.1, -0.05) is 47.7 Å². The Morgan fingerprint density at radius 1 is 1.05 bits per heavy atom. The van der Waals surface area contributed by atoms with Gasteiger partial charge in [-0.15, -0.1) is 0 Å². The van der Waals surface area contributed by atoms with Crippen molar-refractivity contribution in [3.8, 4) is 0 Å². The third-order valence-corrected chi connectivity index (χ3v) is 7.25. The van der Waals surface area contributed by atoms with Crippen LogP contribution in [0, 0.1) is 0 Å². The van der Waals surface area contributed by atoms with Gasteiger partial charge in [0.25, 0.3) is 11.8 Å². The highest BCUT2D eigenvalue weighted by atomic mass is 35.5. The SMILES string of the molecule is O=C(O)CCN1C(=O)/C(=C2/C(=O)N(CC(=O)OCc3ccc(C(F)(F)F)cc3)c3ccc(Cl)cc32)SC1=S. The maximum absolute atomic E-state index is 13.4. The van der Waals surface area contributed by atoms with Crippen molar-refractivity contribution in [1.82, 2.24) is 4.90 Å². The number of amides is 2. The first-order valence-electron chi connectivity index (χ1n) is 10.8. The Labute approximate surface area is 228 Å². The average molecular weight is 585 g/mol. The van der Waals surface area contributed by atoms with E-state index >= 15 is 0 Å². The van der Waals surface area contributed by atoms with Gasteiger partial charge in [-0.25, -0.2) is 0 Å². The summed E-state index contributed by atoms with van der Waals surface area (Å²) in [6, 6.07) is 8.55. The van der Waals surface area contributed by atoms with Gasteiger partial charge in [-0.05, 0) is 35.9 Å². The van der Waals surface area contributed by atoms with E-state index in [1.165, 1.54) is 30.3 Å². The van der Waals surface area contributed by atoms with Crippen LogP contribution in [0.5, 0.6) is 0 Å². The standard InChI is InChI=1S/C24H16ClF3N2O6S2/c25-14-5-6-16-15(9-14)19(20-22(35)29(23(37)38-20)8-7-17(31)32)21(34)30(16)10-18(33)36-11-12-1-3-13(4-2-12)24(26,27)28/h1-6,9H,7-8,10-11H2,(H,31,32)/b20-19-. The molecule has 1 fully saturated rings. The lowest BCUT2D eigenvalue weighted by atomic mass is 10.1. The summed E-state index contributed by atoms with van der Waals surface area (Å²) < 4.78 is 43.5. The van der Waals surface area contributed by atoms with Crippen molar-refractivity contribution < 1.29 is 42.2 Å². The lowest BCUT2D eigenvalue weighted by Crippen LogP contribution is -2.34. The van der Waals surface area contributed by atoms with Crippen molar-refractivity contribution in [3.05, 3.63) is 69.1 Å². The van der Waals surface area contributed by atoms with Crippen LogP contribution in [-0.2, 0) is 36.7 Å². The number of thiocarbonyl (C=S) groups is 1. The number of carboxylic acids is 1. The van der Waals surface area contributed by atoms with Gasteiger partial charge in [0.15, 0.2) is 0 Å². The van der Waals surface area contributed by atoms with Crippen molar-refractivity contribution in [2.45, 2.75) is 19.2 Å². The smallest absolute Gasteiger partial charge is 0.416 e. The van der Waals surface area contributed by atoms with E-state index in [4.69, 9.17) is 33.7 Å². The van der Waals surface area contributed by atoms with Gasteiger partial charge in [0.1, 0.15) is 17.5 Å². The summed E-state index contributed by atoms with van der Waals surface area (Å²) in [4.78, 5) is 52.1. The lowest BCUT2D eigenvalue weighted by Gasteiger charge is -2.16. The predicted molar refractivity (Wildman–Crippen MR) is 136 cm³/mol. The molecule has 38 heavy (non-hydrogen) atoms. The molecule has 0 bridgehead atoms. The Morgan fingerprint density at radius 3 is 2.37 bits per heavy atom. The molecule has 2 amide bonds. The number of fused-ring (bicyclic) bond motifs is 1. The van der Waals surface area contributed by atoms with Crippen molar-refractivity contribution in [2.75, 3.05) is 18.0 Å². The minimum absolute atomic E-state index is 0.0190. The molecule has 0 atom stereocenters. The van der Waals surface area contributed by atoms with Gasteiger partial charge in [-0.3, -0.25) is 29.0 Å².